The van der Waals surface area contributed by atoms with Gasteiger partial charge in [0, 0.05) is 17.9 Å². The molecule has 0 heterocycles. The van der Waals surface area contributed by atoms with Crippen molar-refractivity contribution in [3.8, 4) is 11.1 Å². The highest BCUT2D eigenvalue weighted by Gasteiger charge is 2.41. The maximum atomic E-state index is 12.8. The molecule has 1 aliphatic rings. The third-order valence-electron chi connectivity index (χ3n) is 6.03. The first-order valence-corrected chi connectivity index (χ1v) is 10.3. The van der Waals surface area contributed by atoms with Crippen molar-refractivity contribution >= 4 is 23.4 Å². The minimum absolute atomic E-state index is 0.0123. The summed E-state index contributed by atoms with van der Waals surface area (Å²) in [6.45, 7) is 4.07. The average Bonchev–Trinajstić information content (AvgIpc) is 2.65. The van der Waals surface area contributed by atoms with E-state index >= 15 is 0 Å². The van der Waals surface area contributed by atoms with Gasteiger partial charge in [0.1, 0.15) is 5.78 Å². The summed E-state index contributed by atoms with van der Waals surface area (Å²) in [5.41, 5.74) is 4.45. The van der Waals surface area contributed by atoms with Crippen molar-refractivity contribution in [2.75, 3.05) is 0 Å². The second-order valence-corrected chi connectivity index (χ2v) is 8.58. The molecule has 0 amide bonds. The van der Waals surface area contributed by atoms with E-state index in [0.717, 1.165) is 47.1 Å². The SMILES string of the molecule is Cc1cc(C)c(-c2ccc(Cl)cc2)cc1CC(=O)CC1(C(=O)O)CCCCC1. The van der Waals surface area contributed by atoms with Gasteiger partial charge in [-0.3, -0.25) is 9.59 Å². The van der Waals surface area contributed by atoms with Gasteiger partial charge in [-0.15, -0.1) is 0 Å². The predicted octanol–water partition coefficient (Wildman–Crippen LogP) is 6.16. The molecule has 0 aliphatic heterocycles. The van der Waals surface area contributed by atoms with Gasteiger partial charge in [-0.05, 0) is 66.6 Å². The molecule has 0 saturated heterocycles. The van der Waals surface area contributed by atoms with E-state index in [2.05, 4.69) is 19.1 Å². The number of hydrogen-bond donors (Lipinski definition) is 1. The molecule has 0 unspecified atom stereocenters. The molecule has 4 heteroatoms. The van der Waals surface area contributed by atoms with Gasteiger partial charge in [0.2, 0.25) is 0 Å². The Balaban J connectivity index is 1.83. The molecule has 1 aliphatic carbocycles. The van der Waals surface area contributed by atoms with Crippen molar-refractivity contribution < 1.29 is 14.7 Å². The molecule has 148 valence electrons. The zero-order valence-corrected chi connectivity index (χ0v) is 17.3. The molecule has 1 N–H and O–H groups in total. The lowest BCUT2D eigenvalue weighted by molar-refractivity contribution is -0.153. The number of halogens is 1. The summed E-state index contributed by atoms with van der Waals surface area (Å²) in [5, 5.41) is 10.4. The zero-order valence-electron chi connectivity index (χ0n) is 16.6. The molecule has 0 radical (unpaired) electrons. The summed E-state index contributed by atoms with van der Waals surface area (Å²) in [6, 6.07) is 11.8. The number of carbonyl (C=O) groups excluding carboxylic acids is 1. The van der Waals surface area contributed by atoms with Gasteiger partial charge in [-0.1, -0.05) is 55.1 Å². The van der Waals surface area contributed by atoms with Crippen LogP contribution < -0.4 is 0 Å². The van der Waals surface area contributed by atoms with Gasteiger partial charge in [0.15, 0.2) is 0 Å². The largest absolute Gasteiger partial charge is 0.481 e. The van der Waals surface area contributed by atoms with Crippen LogP contribution in [0.1, 0.15) is 55.2 Å². The van der Waals surface area contributed by atoms with Crippen LogP contribution in [0, 0.1) is 19.3 Å². The van der Waals surface area contributed by atoms with E-state index in [-0.39, 0.29) is 18.6 Å². The molecule has 0 aromatic heterocycles. The monoisotopic (exact) mass is 398 g/mol. The van der Waals surface area contributed by atoms with Crippen molar-refractivity contribution in [1.29, 1.82) is 0 Å². The van der Waals surface area contributed by atoms with Gasteiger partial charge in [0.25, 0.3) is 0 Å². The van der Waals surface area contributed by atoms with Crippen LogP contribution in [0.25, 0.3) is 11.1 Å². The molecule has 28 heavy (non-hydrogen) atoms. The number of aliphatic carboxylic acids is 1. The van der Waals surface area contributed by atoms with Crippen LogP contribution >= 0.6 is 11.6 Å². The van der Waals surface area contributed by atoms with Crippen LogP contribution in [0.15, 0.2) is 36.4 Å². The standard InChI is InChI=1S/C24H27ClO3/c1-16-12-17(2)22(18-6-8-20(25)9-7-18)14-19(16)13-21(26)15-24(23(27)28)10-4-3-5-11-24/h6-9,12,14H,3-5,10-11,13,15H2,1-2H3,(H,27,28). The van der Waals surface area contributed by atoms with Crippen LogP contribution in [-0.2, 0) is 16.0 Å². The van der Waals surface area contributed by atoms with E-state index in [1.54, 1.807) is 0 Å². The van der Waals surface area contributed by atoms with Crippen LogP contribution in [0.2, 0.25) is 5.02 Å². The quantitative estimate of drug-likeness (QED) is 0.633. The zero-order chi connectivity index (χ0) is 20.3. The Morgan fingerprint density at radius 2 is 1.64 bits per heavy atom. The number of rotatable bonds is 6. The Morgan fingerprint density at radius 1 is 1.00 bits per heavy atom. The fourth-order valence-electron chi connectivity index (χ4n) is 4.38. The van der Waals surface area contributed by atoms with Gasteiger partial charge in [0.05, 0.1) is 5.41 Å². The fourth-order valence-corrected chi connectivity index (χ4v) is 4.50. The Bertz CT molecular complexity index is 877. The molecule has 1 fully saturated rings. The van der Waals surface area contributed by atoms with Crippen LogP contribution in [-0.4, -0.2) is 16.9 Å². The maximum Gasteiger partial charge on any atom is 0.310 e. The van der Waals surface area contributed by atoms with E-state index in [4.69, 9.17) is 11.6 Å². The molecule has 2 aromatic rings. The molecular formula is C24H27ClO3. The van der Waals surface area contributed by atoms with Gasteiger partial charge in [-0.2, -0.15) is 0 Å². The number of hydrogen-bond acceptors (Lipinski definition) is 2. The molecule has 0 bridgehead atoms. The van der Waals surface area contributed by atoms with E-state index in [0.29, 0.717) is 17.9 Å². The molecule has 1 saturated carbocycles. The third-order valence-corrected chi connectivity index (χ3v) is 6.28. The minimum atomic E-state index is -0.868. The van der Waals surface area contributed by atoms with Crippen molar-refractivity contribution in [3.63, 3.8) is 0 Å². The van der Waals surface area contributed by atoms with Crippen LogP contribution in [0.5, 0.6) is 0 Å². The number of aryl methyl sites for hydroxylation is 2. The first-order valence-electron chi connectivity index (χ1n) is 9.92. The van der Waals surface area contributed by atoms with Gasteiger partial charge in [-0.25, -0.2) is 0 Å². The van der Waals surface area contributed by atoms with Gasteiger partial charge < -0.3 is 5.11 Å². The number of benzene rings is 2. The molecule has 0 atom stereocenters. The van der Waals surface area contributed by atoms with Crippen LogP contribution in [0.3, 0.4) is 0 Å². The molecule has 2 aromatic carbocycles. The van der Waals surface area contributed by atoms with E-state index in [1.165, 1.54) is 0 Å². The predicted molar refractivity (Wildman–Crippen MR) is 113 cm³/mol. The highest BCUT2D eigenvalue weighted by Crippen LogP contribution is 2.40. The molecule has 3 nitrogen and oxygen atoms in total. The summed E-state index contributed by atoms with van der Waals surface area (Å²) in [4.78, 5) is 24.7. The Kier molecular flexibility index (Phi) is 6.24. The molecule has 3 rings (SSSR count). The smallest absolute Gasteiger partial charge is 0.310 e. The maximum absolute atomic E-state index is 12.8. The molecule has 0 spiro atoms. The lowest BCUT2D eigenvalue weighted by atomic mass is 9.70. The number of carboxylic acids is 1. The van der Waals surface area contributed by atoms with E-state index in [9.17, 15) is 14.7 Å². The van der Waals surface area contributed by atoms with Crippen molar-refractivity contribution in [3.05, 3.63) is 58.1 Å². The summed E-state index contributed by atoms with van der Waals surface area (Å²) in [5.74, 6) is -0.804. The fraction of sp³-hybridized carbons (Fsp3) is 0.417. The highest BCUT2D eigenvalue weighted by atomic mass is 35.5. The highest BCUT2D eigenvalue weighted by molar-refractivity contribution is 6.30. The number of ketones is 1. The Morgan fingerprint density at radius 3 is 2.25 bits per heavy atom. The topological polar surface area (TPSA) is 54.4 Å². The van der Waals surface area contributed by atoms with Crippen molar-refractivity contribution in [2.24, 2.45) is 5.41 Å². The first-order chi connectivity index (χ1) is 13.3. The molecular weight excluding hydrogens is 372 g/mol. The average molecular weight is 399 g/mol. The van der Waals surface area contributed by atoms with Gasteiger partial charge >= 0.3 is 5.97 Å². The number of carboxylic acid groups (broad SMARTS) is 1. The Labute approximate surface area is 171 Å². The third kappa shape index (κ3) is 4.47. The first kappa shape index (κ1) is 20.6. The summed E-state index contributed by atoms with van der Waals surface area (Å²) in [7, 11) is 0. The van der Waals surface area contributed by atoms with Crippen LogP contribution in [0.4, 0.5) is 0 Å². The van der Waals surface area contributed by atoms with E-state index in [1.807, 2.05) is 31.2 Å². The Hall–Kier alpha value is -2.13. The second-order valence-electron chi connectivity index (χ2n) is 8.14. The summed E-state index contributed by atoms with van der Waals surface area (Å²) < 4.78 is 0. The lowest BCUT2D eigenvalue weighted by Gasteiger charge is -2.32. The number of Topliss-reactive ketones (excluding diaryl/α,β-unsaturated/α-hetero) is 1. The minimum Gasteiger partial charge on any atom is -0.481 e. The normalized spacial score (nSPS) is 16.0. The van der Waals surface area contributed by atoms with E-state index < -0.39 is 11.4 Å². The lowest BCUT2D eigenvalue weighted by Crippen LogP contribution is -2.36. The summed E-state index contributed by atoms with van der Waals surface area (Å²) >= 11 is 6.00. The second kappa shape index (κ2) is 8.48. The number of carbonyl (C=O) groups is 2. The summed E-state index contributed by atoms with van der Waals surface area (Å²) in [6.07, 6.45) is 4.47. The van der Waals surface area contributed by atoms with Crippen molar-refractivity contribution in [2.45, 2.75) is 58.8 Å². The van der Waals surface area contributed by atoms with Crippen molar-refractivity contribution in [1.82, 2.24) is 0 Å².